The van der Waals surface area contributed by atoms with Crippen molar-refractivity contribution in [2.75, 3.05) is 26.7 Å². The average Bonchev–Trinajstić information content (AvgIpc) is 2.51. The number of carbonyl (C=O) groups is 1. The van der Waals surface area contributed by atoms with Crippen LogP contribution in [0.3, 0.4) is 0 Å². The van der Waals surface area contributed by atoms with Crippen molar-refractivity contribution in [3.8, 4) is 0 Å². The van der Waals surface area contributed by atoms with Crippen LogP contribution in [0.25, 0.3) is 0 Å². The molecule has 0 radical (unpaired) electrons. The van der Waals surface area contributed by atoms with Crippen LogP contribution in [0, 0.1) is 0 Å². The lowest BCUT2D eigenvalue weighted by Gasteiger charge is -2.28. The van der Waals surface area contributed by atoms with Gasteiger partial charge in [-0.25, -0.2) is 0 Å². The van der Waals surface area contributed by atoms with Crippen molar-refractivity contribution in [2.24, 2.45) is 5.73 Å². The Hall–Kier alpha value is -0.680. The summed E-state index contributed by atoms with van der Waals surface area (Å²) in [6.45, 7) is 4.40. The van der Waals surface area contributed by atoms with Crippen LogP contribution in [0.5, 0.6) is 0 Å². The van der Waals surface area contributed by atoms with Gasteiger partial charge in [0.1, 0.15) is 0 Å². The molecule has 0 aromatic heterocycles. The Labute approximate surface area is 115 Å². The van der Waals surface area contributed by atoms with Crippen LogP contribution in [0.15, 0.2) is 0 Å². The van der Waals surface area contributed by atoms with Crippen molar-refractivity contribution in [1.29, 1.82) is 0 Å². The second kappa shape index (κ2) is 7.69. The van der Waals surface area contributed by atoms with E-state index in [2.05, 4.69) is 11.8 Å². The Kier molecular flexibility index (Phi) is 6.57. The predicted molar refractivity (Wildman–Crippen MR) is 78.5 cm³/mol. The maximum absolute atomic E-state index is 12.1. The molecule has 1 fully saturated rings. The molecule has 1 atom stereocenters. The first-order chi connectivity index (χ1) is 8.50. The van der Waals surface area contributed by atoms with E-state index in [-0.39, 0.29) is 5.91 Å². The van der Waals surface area contributed by atoms with Gasteiger partial charge in [0.2, 0.25) is 5.91 Å². The minimum absolute atomic E-state index is 0.167. The summed E-state index contributed by atoms with van der Waals surface area (Å²) >= 11 is 4.83. The molecule has 1 rings (SSSR count). The Balaban J connectivity index is 2.39. The van der Waals surface area contributed by atoms with Gasteiger partial charge in [-0.15, -0.1) is 0 Å². The third-order valence-electron chi connectivity index (χ3n) is 3.65. The maximum Gasteiger partial charge on any atom is 0.236 e. The number of hydrogen-bond acceptors (Lipinski definition) is 3. The lowest BCUT2D eigenvalue weighted by Crippen LogP contribution is -2.43. The van der Waals surface area contributed by atoms with Crippen LogP contribution in [-0.2, 0) is 4.79 Å². The summed E-state index contributed by atoms with van der Waals surface area (Å²) in [6.07, 6.45) is 5.57. The Bertz CT molecular complexity index is 296. The van der Waals surface area contributed by atoms with Gasteiger partial charge < -0.3 is 10.6 Å². The van der Waals surface area contributed by atoms with E-state index in [1.165, 1.54) is 25.7 Å². The van der Waals surface area contributed by atoms with E-state index < -0.39 is 0 Å². The summed E-state index contributed by atoms with van der Waals surface area (Å²) in [5.74, 6) is 0.167. The lowest BCUT2D eigenvalue weighted by atomic mass is 10.1. The average molecular weight is 271 g/mol. The topological polar surface area (TPSA) is 49.6 Å². The second-order valence-electron chi connectivity index (χ2n) is 5.20. The van der Waals surface area contributed by atoms with Gasteiger partial charge in [0.05, 0.1) is 11.5 Å². The fourth-order valence-corrected chi connectivity index (χ4v) is 2.36. The summed E-state index contributed by atoms with van der Waals surface area (Å²) in [5, 5.41) is 0. The van der Waals surface area contributed by atoms with E-state index in [1.807, 2.05) is 7.05 Å². The van der Waals surface area contributed by atoms with Crippen LogP contribution < -0.4 is 5.73 Å². The zero-order chi connectivity index (χ0) is 13.5. The third-order valence-corrected chi connectivity index (χ3v) is 3.85. The molecular formula is C13H25N3OS. The number of nitrogens with zero attached hydrogens (tertiary/aromatic N) is 2. The van der Waals surface area contributed by atoms with E-state index in [0.29, 0.717) is 30.5 Å². The highest BCUT2D eigenvalue weighted by atomic mass is 32.1. The molecule has 1 amide bonds. The molecule has 1 heterocycles. The number of likely N-dealkylation sites (N-methyl/N-ethyl adjacent to an activating group) is 1. The van der Waals surface area contributed by atoms with Crippen LogP contribution >= 0.6 is 12.2 Å². The van der Waals surface area contributed by atoms with Gasteiger partial charge >= 0.3 is 0 Å². The monoisotopic (exact) mass is 271 g/mol. The van der Waals surface area contributed by atoms with E-state index in [1.54, 1.807) is 4.90 Å². The normalized spacial score (nSPS) is 21.3. The first kappa shape index (κ1) is 15.4. The highest BCUT2D eigenvalue weighted by Crippen LogP contribution is 2.16. The number of thiocarbonyl (C=S) groups is 1. The number of likely N-dealkylation sites (tertiary alicyclic amines) is 1. The van der Waals surface area contributed by atoms with Crippen molar-refractivity contribution in [3.05, 3.63) is 0 Å². The highest BCUT2D eigenvalue weighted by molar-refractivity contribution is 7.80. The SMILES string of the molecule is CC1CCCCCN1CC(=O)N(C)CCC(N)=S. The van der Waals surface area contributed by atoms with Gasteiger partial charge in [-0.05, 0) is 26.3 Å². The minimum Gasteiger partial charge on any atom is -0.393 e. The van der Waals surface area contributed by atoms with E-state index in [4.69, 9.17) is 18.0 Å². The molecule has 0 aromatic rings. The number of amides is 1. The van der Waals surface area contributed by atoms with E-state index >= 15 is 0 Å². The first-order valence-corrected chi connectivity index (χ1v) is 7.18. The molecule has 0 aliphatic carbocycles. The summed E-state index contributed by atoms with van der Waals surface area (Å²) < 4.78 is 0. The molecule has 0 bridgehead atoms. The highest BCUT2D eigenvalue weighted by Gasteiger charge is 2.20. The number of nitrogens with two attached hydrogens (primary N) is 1. The maximum atomic E-state index is 12.1. The zero-order valence-corrected chi connectivity index (χ0v) is 12.3. The second-order valence-corrected chi connectivity index (χ2v) is 5.72. The molecule has 1 unspecified atom stereocenters. The van der Waals surface area contributed by atoms with Gasteiger partial charge in [0.25, 0.3) is 0 Å². The van der Waals surface area contributed by atoms with Crippen LogP contribution in [0.4, 0.5) is 0 Å². The molecule has 1 aliphatic heterocycles. The first-order valence-electron chi connectivity index (χ1n) is 6.77. The van der Waals surface area contributed by atoms with Crippen molar-refractivity contribution in [1.82, 2.24) is 9.80 Å². The van der Waals surface area contributed by atoms with Crippen molar-refractivity contribution < 1.29 is 4.79 Å². The predicted octanol–water partition coefficient (Wildman–Crippen LogP) is 1.39. The molecule has 104 valence electrons. The van der Waals surface area contributed by atoms with Crippen LogP contribution in [-0.4, -0.2) is 53.4 Å². The molecular weight excluding hydrogens is 246 g/mol. The minimum atomic E-state index is 0.167. The molecule has 0 aromatic carbocycles. The molecule has 4 nitrogen and oxygen atoms in total. The Morgan fingerprint density at radius 1 is 1.44 bits per heavy atom. The standard InChI is InChI=1S/C13H25N3OS/c1-11-6-4-3-5-8-16(11)10-13(17)15(2)9-7-12(14)18/h11H,3-10H2,1-2H3,(H2,14,18). The van der Waals surface area contributed by atoms with Crippen LogP contribution in [0.1, 0.15) is 39.0 Å². The Morgan fingerprint density at radius 3 is 2.83 bits per heavy atom. The molecule has 0 spiro atoms. The molecule has 1 aliphatic rings. The Morgan fingerprint density at radius 2 is 2.17 bits per heavy atom. The molecule has 2 N–H and O–H groups in total. The van der Waals surface area contributed by atoms with Crippen LogP contribution in [0.2, 0.25) is 0 Å². The van der Waals surface area contributed by atoms with Crippen molar-refractivity contribution in [3.63, 3.8) is 0 Å². The zero-order valence-electron chi connectivity index (χ0n) is 11.5. The number of carbonyl (C=O) groups excluding carboxylic acids is 1. The van der Waals surface area contributed by atoms with Gasteiger partial charge in [-0.3, -0.25) is 9.69 Å². The summed E-state index contributed by atoms with van der Waals surface area (Å²) in [5.41, 5.74) is 5.45. The van der Waals surface area contributed by atoms with Gasteiger partial charge in [0.15, 0.2) is 0 Å². The lowest BCUT2D eigenvalue weighted by molar-refractivity contribution is -0.131. The molecule has 1 saturated heterocycles. The quantitative estimate of drug-likeness (QED) is 0.768. The van der Waals surface area contributed by atoms with Crippen molar-refractivity contribution in [2.45, 2.75) is 45.1 Å². The number of rotatable bonds is 5. The number of hydrogen-bond donors (Lipinski definition) is 1. The largest absolute Gasteiger partial charge is 0.393 e. The summed E-state index contributed by atoms with van der Waals surface area (Å²) in [6, 6.07) is 0.514. The van der Waals surface area contributed by atoms with Gasteiger partial charge in [0, 0.05) is 26.1 Å². The fourth-order valence-electron chi connectivity index (χ4n) is 2.27. The molecule has 18 heavy (non-hydrogen) atoms. The van der Waals surface area contributed by atoms with E-state index in [9.17, 15) is 4.79 Å². The van der Waals surface area contributed by atoms with Gasteiger partial charge in [-0.2, -0.15) is 0 Å². The van der Waals surface area contributed by atoms with E-state index in [0.717, 1.165) is 6.54 Å². The van der Waals surface area contributed by atoms with Gasteiger partial charge in [-0.1, -0.05) is 25.1 Å². The molecule has 0 saturated carbocycles. The fraction of sp³-hybridized carbons (Fsp3) is 0.846. The molecule has 5 heteroatoms. The summed E-state index contributed by atoms with van der Waals surface area (Å²) in [4.78, 5) is 16.6. The summed E-state index contributed by atoms with van der Waals surface area (Å²) in [7, 11) is 1.82. The third kappa shape index (κ3) is 5.31. The smallest absolute Gasteiger partial charge is 0.236 e. The van der Waals surface area contributed by atoms with Crippen molar-refractivity contribution >= 4 is 23.1 Å².